The maximum Gasteiger partial charge on any atom is 0.231 e. The minimum atomic E-state index is -0.660. The van der Waals surface area contributed by atoms with Crippen molar-refractivity contribution in [3.05, 3.63) is 23.8 Å². The van der Waals surface area contributed by atoms with Crippen LogP contribution >= 0.6 is 0 Å². The van der Waals surface area contributed by atoms with Crippen molar-refractivity contribution < 1.29 is 19.7 Å². The number of fused-ring (bicyclic) bond motifs is 1. The topological polar surface area (TPSA) is 71.0 Å². The second-order valence-electron chi connectivity index (χ2n) is 5.41. The molecule has 0 aliphatic carbocycles. The van der Waals surface area contributed by atoms with E-state index in [1.807, 2.05) is 19.9 Å². The van der Waals surface area contributed by atoms with E-state index in [4.69, 9.17) is 9.47 Å². The molecule has 1 aliphatic heterocycles. The van der Waals surface area contributed by atoms with Crippen molar-refractivity contribution in [2.24, 2.45) is 0 Å². The van der Waals surface area contributed by atoms with Gasteiger partial charge in [-0.1, -0.05) is 6.07 Å². The Labute approximate surface area is 113 Å². The maximum absolute atomic E-state index is 10.2. The summed E-state index contributed by atoms with van der Waals surface area (Å²) in [7, 11) is 0. The van der Waals surface area contributed by atoms with Gasteiger partial charge in [-0.05, 0) is 38.5 Å². The van der Waals surface area contributed by atoms with Gasteiger partial charge in [0.25, 0.3) is 0 Å². The molecule has 19 heavy (non-hydrogen) atoms. The molecule has 2 rings (SSSR count). The number of nitrogens with one attached hydrogen (secondary N) is 1. The molecule has 0 radical (unpaired) electrons. The van der Waals surface area contributed by atoms with E-state index in [1.54, 1.807) is 19.1 Å². The molecule has 0 aromatic heterocycles. The lowest BCUT2D eigenvalue weighted by Crippen LogP contribution is -2.49. The lowest BCUT2D eigenvalue weighted by atomic mass is 9.98. The predicted octanol–water partition coefficient (Wildman–Crippen LogP) is 1.20. The first-order valence-electron chi connectivity index (χ1n) is 6.41. The van der Waals surface area contributed by atoms with Crippen LogP contribution in [0.3, 0.4) is 0 Å². The Balaban J connectivity index is 1.99. The maximum atomic E-state index is 10.2. The highest BCUT2D eigenvalue weighted by molar-refractivity contribution is 5.45. The molecule has 5 nitrogen and oxygen atoms in total. The normalized spacial score (nSPS) is 17.3. The minimum absolute atomic E-state index is 0.224. The Hall–Kier alpha value is -1.30. The van der Waals surface area contributed by atoms with Crippen LogP contribution in [0.4, 0.5) is 0 Å². The van der Waals surface area contributed by atoms with E-state index in [0.29, 0.717) is 18.0 Å². The van der Waals surface area contributed by atoms with Crippen molar-refractivity contribution in [3.63, 3.8) is 0 Å². The standard InChI is InChI=1S/C14H21NO4/c1-9(16)14(2,3)15-7-11(17)10-4-5-12-13(6-10)19-8-18-12/h4-6,9,11,15-17H,7-8H2,1-3H3. The van der Waals surface area contributed by atoms with Gasteiger partial charge in [0.15, 0.2) is 11.5 Å². The SMILES string of the molecule is CC(O)C(C)(C)NCC(O)c1ccc2c(c1)OCO2. The Bertz CT molecular complexity index is 445. The quantitative estimate of drug-likeness (QED) is 0.747. The van der Waals surface area contributed by atoms with Gasteiger partial charge in [0.05, 0.1) is 12.2 Å². The molecule has 0 fully saturated rings. The average Bonchev–Trinajstić information content (AvgIpc) is 2.82. The number of aliphatic hydroxyl groups excluding tert-OH is 2. The van der Waals surface area contributed by atoms with Crippen molar-refractivity contribution >= 4 is 0 Å². The largest absolute Gasteiger partial charge is 0.454 e. The van der Waals surface area contributed by atoms with E-state index in [0.717, 1.165) is 5.56 Å². The predicted molar refractivity (Wildman–Crippen MR) is 71.3 cm³/mol. The first-order chi connectivity index (χ1) is 8.90. The molecule has 2 unspecified atom stereocenters. The summed E-state index contributed by atoms with van der Waals surface area (Å²) in [5, 5.41) is 22.9. The summed E-state index contributed by atoms with van der Waals surface area (Å²) in [6, 6.07) is 5.39. The number of rotatable bonds is 5. The number of β-amino-alcohol motifs (C(OH)–C–C–N with tert-alkyl or cyclic N) is 1. The summed E-state index contributed by atoms with van der Waals surface area (Å²) in [6.07, 6.45) is -1.16. The Morgan fingerprint density at radius 1 is 1.26 bits per heavy atom. The molecule has 0 spiro atoms. The van der Waals surface area contributed by atoms with E-state index in [-0.39, 0.29) is 6.79 Å². The molecular weight excluding hydrogens is 246 g/mol. The van der Waals surface area contributed by atoms with Gasteiger partial charge in [0.2, 0.25) is 6.79 Å². The van der Waals surface area contributed by atoms with Crippen LogP contribution in [-0.4, -0.2) is 35.2 Å². The molecule has 1 heterocycles. The first-order valence-corrected chi connectivity index (χ1v) is 6.41. The summed E-state index contributed by atoms with van der Waals surface area (Å²) in [6.45, 7) is 6.09. The van der Waals surface area contributed by atoms with Crippen molar-refractivity contribution in [1.82, 2.24) is 5.32 Å². The van der Waals surface area contributed by atoms with E-state index in [2.05, 4.69) is 5.32 Å². The molecule has 1 aromatic rings. The van der Waals surface area contributed by atoms with Crippen LogP contribution in [-0.2, 0) is 0 Å². The fourth-order valence-electron chi connectivity index (χ4n) is 1.75. The van der Waals surface area contributed by atoms with Crippen LogP contribution in [0.5, 0.6) is 11.5 Å². The molecule has 0 bridgehead atoms. The monoisotopic (exact) mass is 267 g/mol. The zero-order valence-electron chi connectivity index (χ0n) is 11.5. The summed E-state index contributed by atoms with van der Waals surface area (Å²) >= 11 is 0. The van der Waals surface area contributed by atoms with Crippen LogP contribution in [0, 0.1) is 0 Å². The number of aliphatic hydroxyl groups is 2. The fourth-order valence-corrected chi connectivity index (χ4v) is 1.75. The zero-order valence-corrected chi connectivity index (χ0v) is 11.5. The Kier molecular flexibility index (Phi) is 3.99. The van der Waals surface area contributed by atoms with Gasteiger partial charge >= 0.3 is 0 Å². The van der Waals surface area contributed by atoms with E-state index < -0.39 is 17.7 Å². The van der Waals surface area contributed by atoms with Crippen LogP contribution in [0.15, 0.2) is 18.2 Å². The third-order valence-electron chi connectivity index (χ3n) is 3.58. The van der Waals surface area contributed by atoms with Crippen LogP contribution in [0.25, 0.3) is 0 Å². The second kappa shape index (κ2) is 5.36. The van der Waals surface area contributed by atoms with Gasteiger partial charge < -0.3 is 25.0 Å². The molecule has 0 saturated carbocycles. The molecule has 106 valence electrons. The lowest BCUT2D eigenvalue weighted by Gasteiger charge is -2.30. The van der Waals surface area contributed by atoms with E-state index in [1.165, 1.54) is 0 Å². The first kappa shape index (κ1) is 14.1. The summed E-state index contributed by atoms with van der Waals surface area (Å²) < 4.78 is 10.5. The van der Waals surface area contributed by atoms with E-state index >= 15 is 0 Å². The Morgan fingerprint density at radius 2 is 1.95 bits per heavy atom. The summed E-state index contributed by atoms with van der Waals surface area (Å²) in [4.78, 5) is 0. The lowest BCUT2D eigenvalue weighted by molar-refractivity contribution is 0.0804. The van der Waals surface area contributed by atoms with Crippen LogP contribution < -0.4 is 14.8 Å². The molecule has 5 heteroatoms. The highest BCUT2D eigenvalue weighted by Crippen LogP contribution is 2.34. The molecule has 2 atom stereocenters. The fraction of sp³-hybridized carbons (Fsp3) is 0.571. The molecule has 1 aliphatic rings. The van der Waals surface area contributed by atoms with Crippen LogP contribution in [0.2, 0.25) is 0 Å². The van der Waals surface area contributed by atoms with Gasteiger partial charge in [-0.15, -0.1) is 0 Å². The molecule has 3 N–H and O–H groups in total. The van der Waals surface area contributed by atoms with Crippen molar-refractivity contribution in [2.45, 2.75) is 38.5 Å². The van der Waals surface area contributed by atoms with Gasteiger partial charge in [-0.2, -0.15) is 0 Å². The van der Waals surface area contributed by atoms with Crippen molar-refractivity contribution in [2.75, 3.05) is 13.3 Å². The highest BCUT2D eigenvalue weighted by atomic mass is 16.7. The molecular formula is C14H21NO4. The van der Waals surface area contributed by atoms with Gasteiger partial charge in [0.1, 0.15) is 0 Å². The summed E-state index contributed by atoms with van der Waals surface area (Å²) in [5.74, 6) is 1.36. The second-order valence-corrected chi connectivity index (χ2v) is 5.41. The third-order valence-corrected chi connectivity index (χ3v) is 3.58. The van der Waals surface area contributed by atoms with Crippen molar-refractivity contribution in [1.29, 1.82) is 0 Å². The van der Waals surface area contributed by atoms with Crippen molar-refractivity contribution in [3.8, 4) is 11.5 Å². The molecule has 0 amide bonds. The number of ether oxygens (including phenoxy) is 2. The molecule has 0 saturated heterocycles. The minimum Gasteiger partial charge on any atom is -0.454 e. The van der Waals surface area contributed by atoms with Gasteiger partial charge in [-0.25, -0.2) is 0 Å². The number of hydrogen-bond acceptors (Lipinski definition) is 5. The summed E-state index contributed by atoms with van der Waals surface area (Å²) in [5.41, 5.74) is 0.315. The smallest absolute Gasteiger partial charge is 0.231 e. The Morgan fingerprint density at radius 3 is 2.63 bits per heavy atom. The number of hydrogen-bond donors (Lipinski definition) is 3. The number of benzene rings is 1. The average molecular weight is 267 g/mol. The third kappa shape index (κ3) is 3.18. The highest BCUT2D eigenvalue weighted by Gasteiger charge is 2.25. The van der Waals surface area contributed by atoms with E-state index in [9.17, 15) is 10.2 Å². The zero-order chi connectivity index (χ0) is 14.0. The van der Waals surface area contributed by atoms with Gasteiger partial charge in [0, 0.05) is 12.1 Å². The van der Waals surface area contributed by atoms with Gasteiger partial charge in [-0.3, -0.25) is 0 Å². The molecule has 1 aromatic carbocycles. The van der Waals surface area contributed by atoms with Crippen LogP contribution in [0.1, 0.15) is 32.4 Å².